The zero-order valence-corrected chi connectivity index (χ0v) is 49.3. The van der Waals surface area contributed by atoms with Crippen LogP contribution in [0, 0.1) is 0 Å². The van der Waals surface area contributed by atoms with Gasteiger partial charge in [-0.3, -0.25) is 4.57 Å². The predicted molar refractivity (Wildman–Crippen MR) is 339 cm³/mol. The molecule has 0 spiro atoms. The number of rotatable bonds is 14. The zero-order valence-electron chi connectivity index (χ0n) is 49.3. The molecule has 1 aliphatic rings. The van der Waals surface area contributed by atoms with Crippen LogP contribution in [-0.4, -0.2) is 16.2 Å². The summed E-state index contributed by atoms with van der Waals surface area (Å²) >= 11 is 0. The van der Waals surface area contributed by atoms with Gasteiger partial charge in [-0.25, -0.2) is 4.98 Å². The van der Waals surface area contributed by atoms with Gasteiger partial charge in [0.2, 0.25) is 0 Å². The normalized spacial score (nSPS) is 13.4. The number of benzene rings is 8. The predicted octanol–water partition coefficient (Wildman–Crippen LogP) is 19.9. The molecular formula is C75H78N4O. The fourth-order valence-electron chi connectivity index (χ4n) is 12.2. The highest BCUT2D eigenvalue weighted by molar-refractivity contribution is 6.12. The number of nitrogens with zero attached hydrogens (tertiary/aromatic N) is 4. The summed E-state index contributed by atoms with van der Waals surface area (Å²) in [5.74, 6) is 3.03. The average molecular weight is 1050 g/mol. The molecule has 0 saturated carbocycles. The molecule has 0 saturated heterocycles. The molecule has 2 aromatic heterocycles. The van der Waals surface area contributed by atoms with Crippen molar-refractivity contribution in [3.63, 3.8) is 0 Å². The Labute approximate surface area is 476 Å². The van der Waals surface area contributed by atoms with E-state index >= 15 is 0 Å². The molecule has 0 N–H and O–H groups in total. The van der Waals surface area contributed by atoms with Crippen molar-refractivity contribution >= 4 is 33.2 Å². The molecule has 0 unspecified atom stereocenters. The molecule has 0 bridgehead atoms. The Kier molecular flexibility index (Phi) is 14.0. The van der Waals surface area contributed by atoms with Gasteiger partial charge in [0.25, 0.3) is 0 Å². The van der Waals surface area contributed by atoms with Crippen molar-refractivity contribution < 1.29 is 4.74 Å². The number of hydrogen-bond acceptors (Lipinski definition) is 4. The van der Waals surface area contributed by atoms with E-state index in [1.165, 1.54) is 66.4 Å². The molecule has 0 amide bonds. The van der Waals surface area contributed by atoms with Crippen molar-refractivity contribution in [3.05, 3.63) is 263 Å². The number of pyridine rings is 1. The first-order valence-corrected chi connectivity index (χ1v) is 28.7. The van der Waals surface area contributed by atoms with Gasteiger partial charge in [-0.1, -0.05) is 223 Å². The fourth-order valence-corrected chi connectivity index (χ4v) is 12.2. The minimum Gasteiger partial charge on any atom is -0.457 e. The van der Waals surface area contributed by atoms with Crippen molar-refractivity contribution in [2.75, 3.05) is 16.5 Å². The quantitative estimate of drug-likeness (QED) is 0.109. The van der Waals surface area contributed by atoms with Gasteiger partial charge in [0, 0.05) is 69.1 Å². The lowest BCUT2D eigenvalue weighted by atomic mass is 9.73. The van der Waals surface area contributed by atoms with Crippen molar-refractivity contribution in [3.8, 4) is 28.4 Å². The van der Waals surface area contributed by atoms with E-state index in [2.05, 4.69) is 311 Å². The van der Waals surface area contributed by atoms with E-state index in [4.69, 9.17) is 9.72 Å². The third-order valence-electron chi connectivity index (χ3n) is 17.3. The highest BCUT2D eigenvalue weighted by atomic mass is 16.5. The Bertz CT molecular complexity index is 3810. The molecule has 11 rings (SSSR count). The van der Waals surface area contributed by atoms with E-state index < -0.39 is 5.41 Å². The fraction of sp³-hybridized carbons (Fsp3) is 0.267. The van der Waals surface area contributed by atoms with Crippen LogP contribution in [0.15, 0.2) is 213 Å². The third-order valence-corrected chi connectivity index (χ3v) is 17.3. The van der Waals surface area contributed by atoms with Crippen LogP contribution < -0.4 is 14.5 Å². The molecular weight excluding hydrogens is 973 g/mol. The van der Waals surface area contributed by atoms with Crippen LogP contribution in [0.3, 0.4) is 0 Å². The summed E-state index contributed by atoms with van der Waals surface area (Å²) in [6.45, 7) is 30.7. The molecule has 5 nitrogen and oxygen atoms in total. The number of aromatic nitrogens is 2. The SMILES string of the molecule is CC(C)c1cccc(C(C)C)c1-c1cc(Oc2cc(C(C)(C)c3ccccc3)c3c4ccccc4n(-c4cc(C(C)(C)C)ccn4)c3c2)cc(N2C=CN(c3cc(C(C)(C)c4ccccc4)cc(C(C)(C)c4ccccc4)c3)C2)c1. The molecule has 80 heavy (non-hydrogen) atoms. The molecule has 0 radical (unpaired) electrons. The largest absolute Gasteiger partial charge is 0.457 e. The van der Waals surface area contributed by atoms with E-state index in [1.54, 1.807) is 0 Å². The molecule has 8 aromatic carbocycles. The van der Waals surface area contributed by atoms with Crippen molar-refractivity contribution in [2.45, 2.75) is 124 Å². The van der Waals surface area contributed by atoms with Crippen LogP contribution in [0.25, 0.3) is 38.8 Å². The monoisotopic (exact) mass is 1050 g/mol. The maximum Gasteiger partial charge on any atom is 0.137 e. The minimum atomic E-state index is -0.405. The maximum absolute atomic E-state index is 7.49. The number of fused-ring (bicyclic) bond motifs is 3. The van der Waals surface area contributed by atoms with Gasteiger partial charge in [0.15, 0.2) is 0 Å². The Morgan fingerprint density at radius 3 is 1.50 bits per heavy atom. The molecule has 0 fully saturated rings. The second kappa shape index (κ2) is 20.8. The summed E-state index contributed by atoms with van der Waals surface area (Å²) in [5, 5.41) is 2.38. The molecule has 0 aliphatic carbocycles. The Balaban J connectivity index is 1.08. The molecule has 5 heteroatoms. The highest BCUT2D eigenvalue weighted by Crippen LogP contribution is 2.47. The van der Waals surface area contributed by atoms with Gasteiger partial charge in [-0.2, -0.15) is 0 Å². The Hall–Kier alpha value is -8.15. The number of para-hydroxylation sites is 1. The first kappa shape index (κ1) is 53.8. The van der Waals surface area contributed by atoms with Crippen LogP contribution in [0.4, 0.5) is 11.4 Å². The van der Waals surface area contributed by atoms with E-state index in [0.717, 1.165) is 45.3 Å². The summed E-state index contributed by atoms with van der Waals surface area (Å²) in [6.07, 6.45) is 6.44. The zero-order chi connectivity index (χ0) is 56.3. The molecule has 3 heterocycles. The van der Waals surface area contributed by atoms with Gasteiger partial charge in [-0.05, 0) is 127 Å². The van der Waals surface area contributed by atoms with E-state index in [1.807, 2.05) is 6.20 Å². The standard InChI is InChI=1S/C75H78N4O/c1-50(2)63-33-25-34-64(51(3)4)70(63)52-40-59(77-38-39-78(49-77)60-43-57(73(8,9)53-26-17-14-18-27-53)42-58(44-60)74(10,11)54-28-19-15-20-29-54)46-61(41-52)80-62-47-66(75(12,13)55-30-21-16-22-31-55)71-65-32-23-24-35-67(65)79(68(71)48-62)69-45-56(36-37-76-69)72(5,6)7/h14-48,50-51H,49H2,1-13H3. The lowest BCUT2D eigenvalue weighted by molar-refractivity contribution is 0.481. The van der Waals surface area contributed by atoms with Crippen molar-refractivity contribution in [1.82, 2.24) is 9.55 Å². The summed E-state index contributed by atoms with van der Waals surface area (Å²) in [7, 11) is 0. The topological polar surface area (TPSA) is 33.5 Å². The van der Waals surface area contributed by atoms with Gasteiger partial charge in [0.1, 0.15) is 17.3 Å². The summed E-state index contributed by atoms with van der Waals surface area (Å²) in [5.41, 5.74) is 17.2. The Morgan fingerprint density at radius 2 is 0.950 bits per heavy atom. The summed E-state index contributed by atoms with van der Waals surface area (Å²) in [4.78, 5) is 9.87. The number of hydrogen-bond donors (Lipinski definition) is 0. The third kappa shape index (κ3) is 10.0. The van der Waals surface area contributed by atoms with Crippen LogP contribution in [0.1, 0.15) is 152 Å². The van der Waals surface area contributed by atoms with Gasteiger partial charge < -0.3 is 14.5 Å². The maximum atomic E-state index is 7.49. The molecule has 0 atom stereocenters. The summed E-state index contributed by atoms with van der Waals surface area (Å²) < 4.78 is 9.84. The molecule has 10 aromatic rings. The second-order valence-electron chi connectivity index (χ2n) is 25.4. The van der Waals surface area contributed by atoms with Gasteiger partial charge in [0.05, 0.1) is 17.7 Å². The van der Waals surface area contributed by atoms with Crippen LogP contribution in [0.5, 0.6) is 11.5 Å². The van der Waals surface area contributed by atoms with E-state index in [9.17, 15) is 0 Å². The van der Waals surface area contributed by atoms with Crippen LogP contribution in [0.2, 0.25) is 0 Å². The first-order chi connectivity index (χ1) is 38.2. The molecule has 1 aliphatic heterocycles. The second-order valence-corrected chi connectivity index (χ2v) is 25.4. The summed E-state index contributed by atoms with van der Waals surface area (Å²) in [6, 6.07) is 71.5. The smallest absolute Gasteiger partial charge is 0.137 e. The minimum absolute atomic E-state index is 0.0648. The Morgan fingerprint density at radius 1 is 0.438 bits per heavy atom. The van der Waals surface area contributed by atoms with E-state index in [-0.39, 0.29) is 16.2 Å². The van der Waals surface area contributed by atoms with Crippen LogP contribution >= 0.6 is 0 Å². The molecule has 404 valence electrons. The number of ether oxygens (including phenoxy) is 1. The van der Waals surface area contributed by atoms with Gasteiger partial charge >= 0.3 is 0 Å². The number of anilines is 2. The average Bonchev–Trinajstić information content (AvgIpc) is 4.12. The lowest BCUT2D eigenvalue weighted by Crippen LogP contribution is -2.27. The van der Waals surface area contributed by atoms with E-state index in [0.29, 0.717) is 18.5 Å². The first-order valence-electron chi connectivity index (χ1n) is 28.7. The van der Waals surface area contributed by atoms with Gasteiger partial charge in [-0.15, -0.1) is 0 Å². The van der Waals surface area contributed by atoms with Crippen molar-refractivity contribution in [1.29, 1.82) is 0 Å². The highest BCUT2D eigenvalue weighted by Gasteiger charge is 2.33. The van der Waals surface area contributed by atoms with Crippen molar-refractivity contribution in [2.24, 2.45) is 0 Å². The van der Waals surface area contributed by atoms with Crippen LogP contribution in [-0.2, 0) is 21.7 Å². The lowest BCUT2D eigenvalue weighted by Gasteiger charge is -2.33.